The number of carbonyl (C=O) groups is 2. The number of aldehydes is 2. The topological polar surface area (TPSA) is 168 Å². The summed E-state index contributed by atoms with van der Waals surface area (Å²) in [6.45, 7) is 0. The van der Waals surface area contributed by atoms with Gasteiger partial charge in [-0.1, -0.05) is 0 Å². The van der Waals surface area contributed by atoms with Crippen LogP contribution in [0.3, 0.4) is 0 Å². The second-order valence-electron chi connectivity index (χ2n) is 5.03. The van der Waals surface area contributed by atoms with E-state index in [4.69, 9.17) is 14.2 Å². The van der Waals surface area contributed by atoms with E-state index in [1.54, 1.807) is 0 Å². The maximum atomic E-state index is 10.7. The van der Waals surface area contributed by atoms with Crippen LogP contribution >= 0.6 is 0 Å². The van der Waals surface area contributed by atoms with E-state index in [1.807, 2.05) is 0 Å². The Labute approximate surface area is 212 Å². The van der Waals surface area contributed by atoms with E-state index in [0.717, 1.165) is 6.07 Å². The van der Waals surface area contributed by atoms with Crippen molar-refractivity contribution in [1.82, 2.24) is 0 Å². The molecule has 0 bridgehead atoms. The molecule has 0 saturated carbocycles. The molecule has 0 aliphatic carbocycles. The predicted molar refractivity (Wildman–Crippen MR) is 105 cm³/mol. The molecule has 2 rings (SSSR count). The van der Waals surface area contributed by atoms with E-state index in [2.05, 4.69) is 0 Å². The van der Waals surface area contributed by atoms with Crippen molar-refractivity contribution in [3.63, 3.8) is 0 Å². The summed E-state index contributed by atoms with van der Waals surface area (Å²) in [6.07, 6.45) is 0.593. The predicted octanol–water partition coefficient (Wildman–Crippen LogP) is 1.90. The molecule has 0 saturated heterocycles. The van der Waals surface area contributed by atoms with Crippen molar-refractivity contribution >= 4 is 75.3 Å². The van der Waals surface area contributed by atoms with Crippen LogP contribution in [0.25, 0.3) is 0 Å². The van der Waals surface area contributed by atoms with E-state index < -0.39 is 21.3 Å². The van der Waals surface area contributed by atoms with E-state index in [1.165, 1.54) is 39.5 Å². The Morgan fingerprint density at radius 1 is 0.800 bits per heavy atom. The van der Waals surface area contributed by atoms with Crippen molar-refractivity contribution in [3.05, 3.63) is 55.6 Å². The van der Waals surface area contributed by atoms with Gasteiger partial charge in [0.05, 0.1) is 31.2 Å². The summed E-state index contributed by atoms with van der Waals surface area (Å²) in [5, 5.41) is 30.4. The van der Waals surface area contributed by atoms with Crippen LogP contribution in [0.4, 0.5) is 11.4 Å². The molecule has 2 aromatic carbocycles. The molecular formula is C17H17KN2O10. The number of hydrogen-bond donors (Lipinski definition) is 1. The van der Waals surface area contributed by atoms with Gasteiger partial charge in [0.15, 0.2) is 35.6 Å². The molecule has 0 spiro atoms. The second-order valence-corrected chi connectivity index (χ2v) is 5.03. The number of aromatic hydroxyl groups is 1. The fourth-order valence-corrected chi connectivity index (χ4v) is 2.23. The van der Waals surface area contributed by atoms with Gasteiger partial charge in [0, 0.05) is 12.1 Å². The number of nitro groups is 2. The Balaban J connectivity index is 0.000000544. The number of benzene rings is 2. The van der Waals surface area contributed by atoms with E-state index >= 15 is 0 Å². The van der Waals surface area contributed by atoms with Gasteiger partial charge in [0.1, 0.15) is 11.1 Å². The standard InChI is InChI=1S/C9H9NO5.C8H7NO5.K.H/c1-14-8-4-3-7(10(12)13)6(5-11)9(8)15-2;1-14-7-3-2-6(9(12)13)5(4-10)8(7)11;;/h3-5H,1-2H3;2-4,11H,1H3;;. The normalized spacial score (nSPS) is 9.17. The monoisotopic (exact) mass is 448 g/mol. The van der Waals surface area contributed by atoms with Crippen LogP contribution in [0.5, 0.6) is 23.0 Å². The molecular weight excluding hydrogens is 431 g/mol. The summed E-state index contributed by atoms with van der Waals surface area (Å²) in [5.74, 6) is -0.138. The number of ether oxygens (including phenoxy) is 3. The average Bonchev–Trinajstić information content (AvgIpc) is 2.72. The molecule has 0 radical (unpaired) electrons. The van der Waals surface area contributed by atoms with Crippen LogP contribution in [-0.4, -0.2) is 100 Å². The van der Waals surface area contributed by atoms with Gasteiger partial charge < -0.3 is 19.3 Å². The number of nitro benzene ring substituents is 2. The Hall–Kier alpha value is -2.58. The van der Waals surface area contributed by atoms with Crippen molar-refractivity contribution in [2.45, 2.75) is 0 Å². The van der Waals surface area contributed by atoms with E-state index in [9.17, 15) is 34.9 Å². The number of methoxy groups -OCH3 is 3. The molecule has 12 nitrogen and oxygen atoms in total. The van der Waals surface area contributed by atoms with Gasteiger partial charge in [0.25, 0.3) is 11.4 Å². The molecule has 0 aromatic heterocycles. The van der Waals surface area contributed by atoms with Crippen molar-refractivity contribution < 1.29 is 38.8 Å². The molecule has 1 N–H and O–H groups in total. The second kappa shape index (κ2) is 12.9. The van der Waals surface area contributed by atoms with Gasteiger partial charge in [-0.2, -0.15) is 0 Å². The van der Waals surface area contributed by atoms with Gasteiger partial charge in [-0.15, -0.1) is 0 Å². The zero-order valence-electron chi connectivity index (χ0n) is 15.5. The van der Waals surface area contributed by atoms with Gasteiger partial charge >= 0.3 is 51.4 Å². The van der Waals surface area contributed by atoms with Crippen LogP contribution in [0.1, 0.15) is 20.7 Å². The molecule has 13 heteroatoms. The molecule has 0 unspecified atom stereocenters. The molecule has 156 valence electrons. The Bertz CT molecular complexity index is 949. The van der Waals surface area contributed by atoms with Crippen LogP contribution < -0.4 is 14.2 Å². The van der Waals surface area contributed by atoms with Gasteiger partial charge in [-0.3, -0.25) is 29.8 Å². The van der Waals surface area contributed by atoms with E-state index in [-0.39, 0.29) is 91.7 Å². The summed E-state index contributed by atoms with van der Waals surface area (Å²) in [7, 11) is 3.99. The Morgan fingerprint density at radius 2 is 1.23 bits per heavy atom. The first kappa shape index (κ1) is 27.4. The molecule has 0 fully saturated rings. The van der Waals surface area contributed by atoms with Gasteiger partial charge in [-0.25, -0.2) is 0 Å². The summed E-state index contributed by atoms with van der Waals surface area (Å²) in [4.78, 5) is 40.9. The third kappa shape index (κ3) is 6.20. The number of hydrogen-bond acceptors (Lipinski definition) is 10. The van der Waals surface area contributed by atoms with Gasteiger partial charge in [-0.05, 0) is 12.1 Å². The summed E-state index contributed by atoms with van der Waals surface area (Å²) in [6, 6.07) is 4.90. The van der Waals surface area contributed by atoms with Crippen molar-refractivity contribution in [3.8, 4) is 23.0 Å². The summed E-state index contributed by atoms with van der Waals surface area (Å²) >= 11 is 0. The molecule has 0 amide bonds. The summed E-state index contributed by atoms with van der Waals surface area (Å²) in [5.41, 5.74) is -1.25. The molecule has 2 aromatic rings. The fraction of sp³-hybridized carbons (Fsp3) is 0.176. The minimum atomic E-state index is -0.747. The minimum absolute atomic E-state index is 0. The zero-order chi connectivity index (χ0) is 22.1. The fourth-order valence-electron chi connectivity index (χ4n) is 2.23. The molecule has 30 heavy (non-hydrogen) atoms. The zero-order valence-corrected chi connectivity index (χ0v) is 15.5. The number of phenolic OH excluding ortho intramolecular Hbond substituents is 1. The molecule has 0 aliphatic rings. The van der Waals surface area contributed by atoms with Crippen LogP contribution in [0.15, 0.2) is 24.3 Å². The summed E-state index contributed by atoms with van der Waals surface area (Å²) < 4.78 is 14.5. The maximum absolute atomic E-state index is 10.7. The van der Waals surface area contributed by atoms with Gasteiger partial charge in [0.2, 0.25) is 0 Å². The molecule has 0 atom stereocenters. The van der Waals surface area contributed by atoms with Crippen molar-refractivity contribution in [2.24, 2.45) is 0 Å². The number of rotatable bonds is 7. The SMILES string of the molecule is COc1ccc([N+](=O)[O-])c(C=O)c1O.COc1ccc([N+](=O)[O-])c(C=O)c1OC.[KH]. The number of nitrogens with zero attached hydrogens (tertiary/aromatic N) is 2. The number of phenols is 1. The first-order valence-electron chi connectivity index (χ1n) is 7.61. The third-order valence-electron chi connectivity index (χ3n) is 3.57. The third-order valence-corrected chi connectivity index (χ3v) is 3.57. The first-order valence-corrected chi connectivity index (χ1v) is 7.61. The number of carbonyl (C=O) groups excluding carboxylic acids is 2. The molecule has 0 heterocycles. The first-order chi connectivity index (χ1) is 13.8. The quantitative estimate of drug-likeness (QED) is 0.286. The Kier molecular flexibility index (Phi) is 11.8. The molecule has 0 aliphatic heterocycles. The van der Waals surface area contributed by atoms with Crippen molar-refractivity contribution in [1.29, 1.82) is 0 Å². The van der Waals surface area contributed by atoms with Crippen LogP contribution in [0, 0.1) is 20.2 Å². The van der Waals surface area contributed by atoms with E-state index in [0.29, 0.717) is 6.29 Å². The van der Waals surface area contributed by atoms with Crippen molar-refractivity contribution in [2.75, 3.05) is 21.3 Å². The average molecular weight is 448 g/mol. The van der Waals surface area contributed by atoms with Crippen LogP contribution in [0.2, 0.25) is 0 Å². The Morgan fingerprint density at radius 3 is 1.60 bits per heavy atom. The van der Waals surface area contributed by atoms with Crippen LogP contribution in [-0.2, 0) is 0 Å².